The van der Waals surface area contributed by atoms with Crippen LogP contribution in [0.15, 0.2) is 40.8 Å². The van der Waals surface area contributed by atoms with E-state index in [2.05, 4.69) is 31.2 Å². The Morgan fingerprint density at radius 2 is 1.85 bits per heavy atom. The second-order valence-electron chi connectivity index (χ2n) is 4.11. The number of carbonyl (C=O) groups excluding carboxylic acids is 2. The molecular formula is C13H7BrClN3O2. The number of hydrogen-bond donors (Lipinski definition) is 2. The standard InChI is InChI=1S/C13H7BrClN3O2/c14-8-9(18-7-3-1-6(15)2-4-7)13(20)11-10(12(8)19)16-5-17-11/h1-5,18H,(H,16,17). The molecule has 0 saturated carbocycles. The number of nitrogens with one attached hydrogen (secondary N) is 2. The number of anilines is 1. The first-order valence-corrected chi connectivity index (χ1v) is 6.80. The molecule has 2 aromatic rings. The van der Waals surface area contributed by atoms with Gasteiger partial charge in [-0.15, -0.1) is 0 Å². The number of imidazole rings is 1. The summed E-state index contributed by atoms with van der Waals surface area (Å²) in [6.07, 6.45) is 1.33. The van der Waals surface area contributed by atoms with Crippen LogP contribution < -0.4 is 5.32 Å². The number of rotatable bonds is 2. The Balaban J connectivity index is 2.00. The number of allylic oxidation sites excluding steroid dienone is 2. The van der Waals surface area contributed by atoms with Gasteiger partial charge >= 0.3 is 0 Å². The largest absolute Gasteiger partial charge is 0.351 e. The van der Waals surface area contributed by atoms with Crippen LogP contribution >= 0.6 is 27.5 Å². The molecule has 3 rings (SSSR count). The van der Waals surface area contributed by atoms with Gasteiger partial charge in [-0.2, -0.15) is 0 Å². The fraction of sp³-hybridized carbons (Fsp3) is 0. The molecule has 1 aromatic carbocycles. The van der Waals surface area contributed by atoms with Crippen LogP contribution in [-0.2, 0) is 0 Å². The van der Waals surface area contributed by atoms with Crippen LogP contribution in [0.1, 0.15) is 21.0 Å². The minimum atomic E-state index is -0.345. The zero-order valence-corrected chi connectivity index (χ0v) is 12.2. The molecule has 1 aliphatic rings. The predicted octanol–water partition coefficient (Wildman–Crippen LogP) is 3.16. The molecule has 1 aromatic heterocycles. The highest BCUT2D eigenvalue weighted by molar-refractivity contribution is 9.12. The third kappa shape index (κ3) is 2.07. The second-order valence-corrected chi connectivity index (χ2v) is 5.33. The molecule has 0 unspecified atom stereocenters. The van der Waals surface area contributed by atoms with Gasteiger partial charge in [0.1, 0.15) is 17.1 Å². The van der Waals surface area contributed by atoms with Gasteiger partial charge in [0.15, 0.2) is 0 Å². The Kier molecular flexibility index (Phi) is 3.19. The first-order chi connectivity index (χ1) is 9.58. The number of carbonyl (C=O) groups is 2. The van der Waals surface area contributed by atoms with Crippen molar-refractivity contribution in [2.75, 3.05) is 5.32 Å². The summed E-state index contributed by atoms with van der Waals surface area (Å²) in [5.41, 5.74) is 1.14. The molecule has 20 heavy (non-hydrogen) atoms. The summed E-state index contributed by atoms with van der Waals surface area (Å²) in [7, 11) is 0. The number of ketones is 2. The van der Waals surface area contributed by atoms with Crippen molar-refractivity contribution in [3.8, 4) is 0 Å². The van der Waals surface area contributed by atoms with Gasteiger partial charge < -0.3 is 10.3 Å². The minimum Gasteiger partial charge on any atom is -0.351 e. The SMILES string of the molecule is O=C1C(Nc2ccc(Cl)cc2)=C(Br)C(=O)c2[nH]cnc21. The first-order valence-electron chi connectivity index (χ1n) is 5.63. The van der Waals surface area contributed by atoms with Crippen LogP contribution in [0.4, 0.5) is 5.69 Å². The average Bonchev–Trinajstić information content (AvgIpc) is 2.93. The Hall–Kier alpha value is -1.92. The zero-order chi connectivity index (χ0) is 14.3. The highest BCUT2D eigenvalue weighted by Gasteiger charge is 2.33. The predicted molar refractivity (Wildman–Crippen MR) is 78.3 cm³/mol. The van der Waals surface area contributed by atoms with E-state index in [1.54, 1.807) is 24.3 Å². The van der Waals surface area contributed by atoms with Gasteiger partial charge in [-0.05, 0) is 40.2 Å². The van der Waals surface area contributed by atoms with E-state index in [1.165, 1.54) is 6.33 Å². The van der Waals surface area contributed by atoms with Crippen molar-refractivity contribution in [3.63, 3.8) is 0 Å². The fourth-order valence-corrected chi connectivity index (χ4v) is 2.47. The van der Waals surface area contributed by atoms with E-state index in [1.807, 2.05) is 0 Å². The number of benzene rings is 1. The lowest BCUT2D eigenvalue weighted by atomic mass is 10.0. The van der Waals surface area contributed by atoms with Gasteiger partial charge in [0.05, 0.1) is 10.8 Å². The van der Waals surface area contributed by atoms with E-state index in [0.717, 1.165) is 0 Å². The van der Waals surface area contributed by atoms with Gasteiger partial charge in [0.2, 0.25) is 11.6 Å². The smallest absolute Gasteiger partial charge is 0.231 e. The molecule has 0 fully saturated rings. The second kappa shape index (κ2) is 4.88. The molecule has 0 saturated heterocycles. The number of nitrogens with zero attached hydrogens (tertiary/aromatic N) is 1. The van der Waals surface area contributed by atoms with Crippen LogP contribution in [0.2, 0.25) is 5.02 Å². The van der Waals surface area contributed by atoms with Crippen molar-refractivity contribution in [2.24, 2.45) is 0 Å². The van der Waals surface area contributed by atoms with Gasteiger partial charge in [-0.25, -0.2) is 4.98 Å². The third-order valence-electron chi connectivity index (χ3n) is 2.84. The average molecular weight is 353 g/mol. The molecule has 100 valence electrons. The molecular weight excluding hydrogens is 346 g/mol. The van der Waals surface area contributed by atoms with E-state index in [-0.39, 0.29) is 33.1 Å². The van der Waals surface area contributed by atoms with Gasteiger partial charge in [0.25, 0.3) is 0 Å². The molecule has 0 radical (unpaired) electrons. The quantitative estimate of drug-likeness (QED) is 0.870. The highest BCUT2D eigenvalue weighted by Crippen LogP contribution is 2.28. The molecule has 1 heterocycles. The molecule has 0 spiro atoms. The molecule has 2 N–H and O–H groups in total. The van der Waals surface area contributed by atoms with E-state index in [9.17, 15) is 9.59 Å². The summed E-state index contributed by atoms with van der Waals surface area (Å²) in [4.78, 5) is 30.9. The summed E-state index contributed by atoms with van der Waals surface area (Å²) in [6.45, 7) is 0. The lowest BCUT2D eigenvalue weighted by molar-refractivity contribution is 0.0978. The molecule has 7 heteroatoms. The van der Waals surface area contributed by atoms with Crippen molar-refractivity contribution in [1.29, 1.82) is 0 Å². The van der Waals surface area contributed by atoms with Crippen LogP contribution in [0, 0.1) is 0 Å². The minimum absolute atomic E-state index is 0.120. The van der Waals surface area contributed by atoms with Gasteiger partial charge in [0, 0.05) is 10.7 Å². The number of halogens is 2. The van der Waals surface area contributed by atoms with E-state index >= 15 is 0 Å². The van der Waals surface area contributed by atoms with Gasteiger partial charge in [-0.3, -0.25) is 9.59 Å². The first kappa shape index (κ1) is 13.1. The zero-order valence-electron chi connectivity index (χ0n) is 9.91. The number of hydrogen-bond acceptors (Lipinski definition) is 4. The third-order valence-corrected chi connectivity index (χ3v) is 3.85. The van der Waals surface area contributed by atoms with Crippen LogP contribution in [0.25, 0.3) is 0 Å². The number of Topliss-reactive ketones (excluding diaryl/α,β-unsaturated/α-hetero) is 2. The summed E-state index contributed by atoms with van der Waals surface area (Å²) in [5.74, 6) is -0.656. The summed E-state index contributed by atoms with van der Waals surface area (Å²) in [5, 5.41) is 3.51. The Morgan fingerprint density at radius 1 is 1.15 bits per heavy atom. The normalized spacial score (nSPS) is 14.5. The lowest BCUT2D eigenvalue weighted by Gasteiger charge is -2.16. The highest BCUT2D eigenvalue weighted by atomic mass is 79.9. The monoisotopic (exact) mass is 351 g/mol. The molecule has 5 nitrogen and oxygen atoms in total. The maximum Gasteiger partial charge on any atom is 0.231 e. The molecule has 1 aliphatic carbocycles. The summed E-state index contributed by atoms with van der Waals surface area (Å²) >= 11 is 8.96. The maximum absolute atomic E-state index is 12.3. The maximum atomic E-state index is 12.3. The Morgan fingerprint density at radius 3 is 2.55 bits per heavy atom. The summed E-state index contributed by atoms with van der Waals surface area (Å²) in [6, 6.07) is 6.81. The van der Waals surface area contributed by atoms with Crippen LogP contribution in [-0.4, -0.2) is 21.5 Å². The van der Waals surface area contributed by atoms with Crippen molar-refractivity contribution in [3.05, 3.63) is 57.2 Å². The van der Waals surface area contributed by atoms with E-state index in [0.29, 0.717) is 10.7 Å². The summed E-state index contributed by atoms with van der Waals surface area (Å²) < 4.78 is 0.175. The molecule has 0 aliphatic heterocycles. The lowest BCUT2D eigenvalue weighted by Crippen LogP contribution is -2.24. The topological polar surface area (TPSA) is 74.8 Å². The molecule has 0 atom stereocenters. The van der Waals surface area contributed by atoms with Crippen LogP contribution in [0.3, 0.4) is 0 Å². The van der Waals surface area contributed by atoms with E-state index in [4.69, 9.17) is 11.6 Å². The fourth-order valence-electron chi connectivity index (χ4n) is 1.87. The van der Waals surface area contributed by atoms with Crippen molar-refractivity contribution in [1.82, 2.24) is 9.97 Å². The number of H-pyrrole nitrogens is 1. The molecule has 0 amide bonds. The number of aromatic amines is 1. The number of fused-ring (bicyclic) bond motifs is 1. The van der Waals surface area contributed by atoms with Crippen molar-refractivity contribution in [2.45, 2.75) is 0 Å². The Bertz CT molecular complexity index is 749. The van der Waals surface area contributed by atoms with Crippen LogP contribution in [0.5, 0.6) is 0 Å². The number of aromatic nitrogens is 2. The van der Waals surface area contributed by atoms with Crippen molar-refractivity contribution >= 4 is 44.8 Å². The van der Waals surface area contributed by atoms with Crippen molar-refractivity contribution < 1.29 is 9.59 Å². The van der Waals surface area contributed by atoms with E-state index < -0.39 is 0 Å². The molecule has 0 bridgehead atoms. The van der Waals surface area contributed by atoms with Gasteiger partial charge in [-0.1, -0.05) is 11.6 Å². The Labute approximate surface area is 127 Å².